The quantitative estimate of drug-likeness (QED) is 0.879. The minimum atomic E-state index is -0.0441. The molecule has 0 bridgehead atoms. The van der Waals surface area contributed by atoms with E-state index >= 15 is 0 Å². The van der Waals surface area contributed by atoms with Crippen molar-refractivity contribution in [1.29, 1.82) is 0 Å². The van der Waals surface area contributed by atoms with Crippen LogP contribution in [0.2, 0.25) is 0 Å². The van der Waals surface area contributed by atoms with Crippen LogP contribution in [0.25, 0.3) is 10.9 Å². The van der Waals surface area contributed by atoms with E-state index in [0.29, 0.717) is 23.3 Å². The van der Waals surface area contributed by atoms with Gasteiger partial charge in [0, 0.05) is 18.0 Å². The molecule has 1 aliphatic heterocycles. The van der Waals surface area contributed by atoms with Crippen molar-refractivity contribution in [2.24, 2.45) is 5.92 Å². The number of carbonyl (C=O) groups excluding carboxylic acids is 1. The Balaban J connectivity index is 1.69. The van der Waals surface area contributed by atoms with Crippen LogP contribution >= 0.6 is 0 Å². The number of amides is 1. The fourth-order valence-electron chi connectivity index (χ4n) is 4.24. The molecule has 0 radical (unpaired) electrons. The summed E-state index contributed by atoms with van der Waals surface area (Å²) >= 11 is 0. The lowest BCUT2D eigenvalue weighted by Crippen LogP contribution is -2.50. The summed E-state index contributed by atoms with van der Waals surface area (Å²) in [6.45, 7) is 0.813. The number of carbonyl (C=O) groups is 1. The van der Waals surface area contributed by atoms with E-state index in [1.54, 1.807) is 0 Å². The van der Waals surface area contributed by atoms with Crippen molar-refractivity contribution in [3.63, 3.8) is 0 Å². The Labute approximate surface area is 135 Å². The van der Waals surface area contributed by atoms with Crippen LogP contribution in [-0.2, 0) is 0 Å². The number of hydrogen-bond donors (Lipinski definition) is 1. The van der Waals surface area contributed by atoms with Crippen LogP contribution in [-0.4, -0.2) is 33.6 Å². The summed E-state index contributed by atoms with van der Waals surface area (Å²) in [6.07, 6.45) is 7.18. The summed E-state index contributed by atoms with van der Waals surface area (Å²) in [4.78, 5) is 15.1. The molecule has 2 atom stereocenters. The van der Waals surface area contributed by atoms with E-state index in [-0.39, 0.29) is 5.91 Å². The molecule has 0 spiro atoms. The number of aromatic nitrogens is 2. The number of anilines is 1. The number of rotatable bonds is 1. The molecule has 1 saturated carbocycles. The van der Waals surface area contributed by atoms with Crippen molar-refractivity contribution in [1.82, 2.24) is 15.1 Å². The second-order valence-corrected chi connectivity index (χ2v) is 6.73. The van der Waals surface area contributed by atoms with E-state index in [1.165, 1.54) is 25.7 Å². The minimum Gasteiger partial charge on any atom is -0.396 e. The third kappa shape index (κ3) is 2.44. The van der Waals surface area contributed by atoms with Crippen molar-refractivity contribution in [3.05, 3.63) is 30.0 Å². The van der Waals surface area contributed by atoms with Crippen molar-refractivity contribution in [2.75, 3.05) is 12.3 Å². The Morgan fingerprint density at radius 2 is 1.87 bits per heavy atom. The number of benzene rings is 1. The van der Waals surface area contributed by atoms with E-state index < -0.39 is 0 Å². The van der Waals surface area contributed by atoms with E-state index in [0.717, 1.165) is 30.3 Å². The van der Waals surface area contributed by atoms with Gasteiger partial charge in [0.1, 0.15) is 0 Å². The lowest BCUT2D eigenvalue weighted by molar-refractivity contribution is 0.0385. The van der Waals surface area contributed by atoms with Crippen LogP contribution in [0.1, 0.15) is 49.0 Å². The van der Waals surface area contributed by atoms with Crippen LogP contribution in [0.5, 0.6) is 0 Å². The van der Waals surface area contributed by atoms with Crippen molar-refractivity contribution >= 4 is 22.5 Å². The Morgan fingerprint density at radius 1 is 1.09 bits per heavy atom. The van der Waals surface area contributed by atoms with Crippen molar-refractivity contribution in [2.45, 2.75) is 44.6 Å². The molecular weight excluding hydrogens is 288 g/mol. The smallest absolute Gasteiger partial charge is 0.276 e. The maximum absolute atomic E-state index is 13.1. The molecule has 1 aromatic heterocycles. The fourth-order valence-corrected chi connectivity index (χ4v) is 4.24. The normalized spacial score (nSPS) is 24.4. The van der Waals surface area contributed by atoms with Crippen molar-refractivity contribution in [3.8, 4) is 0 Å². The summed E-state index contributed by atoms with van der Waals surface area (Å²) in [5.74, 6) is 0.605. The fraction of sp³-hybridized carbons (Fsp3) is 0.500. The Morgan fingerprint density at radius 3 is 2.78 bits per heavy atom. The van der Waals surface area contributed by atoms with Crippen LogP contribution in [0.4, 0.5) is 5.69 Å². The van der Waals surface area contributed by atoms with Gasteiger partial charge >= 0.3 is 0 Å². The van der Waals surface area contributed by atoms with E-state index in [9.17, 15) is 4.79 Å². The molecule has 2 fully saturated rings. The zero-order valence-electron chi connectivity index (χ0n) is 13.2. The van der Waals surface area contributed by atoms with Gasteiger partial charge in [0.05, 0.1) is 11.2 Å². The highest BCUT2D eigenvalue weighted by Crippen LogP contribution is 2.36. The second-order valence-electron chi connectivity index (χ2n) is 6.73. The molecule has 1 aromatic carbocycles. The van der Waals surface area contributed by atoms with Gasteiger partial charge < -0.3 is 10.6 Å². The molecule has 2 heterocycles. The van der Waals surface area contributed by atoms with Crippen LogP contribution in [0.3, 0.4) is 0 Å². The van der Waals surface area contributed by atoms with Gasteiger partial charge in [-0.25, -0.2) is 0 Å². The molecule has 1 saturated heterocycles. The molecule has 2 aromatic rings. The summed E-state index contributed by atoms with van der Waals surface area (Å²) < 4.78 is 0. The third-order valence-electron chi connectivity index (χ3n) is 5.41. The molecule has 1 amide bonds. The summed E-state index contributed by atoms with van der Waals surface area (Å²) in [6, 6.07) is 7.93. The van der Waals surface area contributed by atoms with Gasteiger partial charge in [0.15, 0.2) is 5.69 Å². The summed E-state index contributed by atoms with van der Waals surface area (Å²) in [5, 5.41) is 9.15. The van der Waals surface area contributed by atoms with Crippen LogP contribution < -0.4 is 5.73 Å². The third-order valence-corrected chi connectivity index (χ3v) is 5.41. The zero-order chi connectivity index (χ0) is 15.8. The molecule has 2 N–H and O–H groups in total. The minimum absolute atomic E-state index is 0.0441. The van der Waals surface area contributed by atoms with Gasteiger partial charge in [-0.3, -0.25) is 4.79 Å². The van der Waals surface area contributed by atoms with E-state index in [1.807, 2.05) is 29.2 Å². The number of nitrogen functional groups attached to an aromatic ring is 1. The Hall–Kier alpha value is -2.17. The monoisotopic (exact) mass is 310 g/mol. The SMILES string of the molecule is Nc1c(C(=O)N2CCC[C@@H]3CCCC[C@H]32)nnc2ccccc12. The molecular formula is C18H22N4O. The van der Waals surface area contributed by atoms with E-state index in [4.69, 9.17) is 5.73 Å². The highest BCUT2D eigenvalue weighted by molar-refractivity contribution is 6.04. The first-order chi connectivity index (χ1) is 11.3. The molecule has 5 nitrogen and oxygen atoms in total. The number of nitrogens with zero attached hydrogens (tertiary/aromatic N) is 3. The molecule has 23 heavy (non-hydrogen) atoms. The topological polar surface area (TPSA) is 72.1 Å². The predicted octanol–water partition coefficient (Wildman–Crippen LogP) is 3.01. The number of fused-ring (bicyclic) bond motifs is 2. The maximum Gasteiger partial charge on any atom is 0.276 e. The summed E-state index contributed by atoms with van der Waals surface area (Å²) in [7, 11) is 0. The molecule has 120 valence electrons. The number of hydrogen-bond acceptors (Lipinski definition) is 4. The Kier molecular flexibility index (Phi) is 3.63. The number of nitrogens with two attached hydrogens (primary N) is 1. The highest BCUT2D eigenvalue weighted by Gasteiger charge is 2.37. The van der Waals surface area contributed by atoms with E-state index in [2.05, 4.69) is 10.2 Å². The van der Waals surface area contributed by atoms with Gasteiger partial charge in [-0.1, -0.05) is 31.0 Å². The van der Waals surface area contributed by atoms with Gasteiger partial charge in [-0.2, -0.15) is 0 Å². The lowest BCUT2D eigenvalue weighted by Gasteiger charge is -2.44. The van der Waals surface area contributed by atoms with Gasteiger partial charge in [-0.05, 0) is 37.7 Å². The number of likely N-dealkylation sites (tertiary alicyclic amines) is 1. The van der Waals surface area contributed by atoms with Crippen molar-refractivity contribution < 1.29 is 4.79 Å². The number of piperidine rings is 1. The molecule has 1 aliphatic carbocycles. The highest BCUT2D eigenvalue weighted by atomic mass is 16.2. The van der Waals surface area contributed by atoms with Crippen LogP contribution in [0, 0.1) is 5.92 Å². The Bertz CT molecular complexity index is 743. The van der Waals surface area contributed by atoms with Crippen LogP contribution in [0.15, 0.2) is 24.3 Å². The first kappa shape index (κ1) is 14.4. The lowest BCUT2D eigenvalue weighted by atomic mass is 9.78. The standard InChI is InChI=1S/C18H22N4O/c19-16-13-8-2-3-9-14(13)20-21-17(16)18(23)22-11-5-7-12-6-1-4-10-15(12)22/h2-3,8-9,12,15H,1,4-7,10-11H2,(H2,19,20)/t12-,15+/m0/s1. The van der Waals surface area contributed by atoms with Gasteiger partial charge in [0.25, 0.3) is 5.91 Å². The van der Waals surface area contributed by atoms with Gasteiger partial charge in [-0.15, -0.1) is 10.2 Å². The average molecular weight is 310 g/mol. The predicted molar refractivity (Wildman–Crippen MR) is 90.0 cm³/mol. The average Bonchev–Trinajstić information content (AvgIpc) is 2.61. The largest absolute Gasteiger partial charge is 0.396 e. The van der Waals surface area contributed by atoms with Gasteiger partial charge in [0.2, 0.25) is 0 Å². The zero-order valence-corrected chi connectivity index (χ0v) is 13.2. The molecule has 2 aliphatic rings. The molecule has 0 unspecified atom stereocenters. The first-order valence-electron chi connectivity index (χ1n) is 8.57. The molecule has 5 heteroatoms. The summed E-state index contributed by atoms with van der Waals surface area (Å²) in [5.41, 5.74) is 7.75. The molecule has 4 rings (SSSR count). The second kappa shape index (κ2) is 5.80. The maximum atomic E-state index is 13.1. The first-order valence-corrected chi connectivity index (χ1v) is 8.57.